The number of nitrogens with zero attached hydrogens (tertiary/aromatic N) is 4. The summed E-state index contributed by atoms with van der Waals surface area (Å²) in [7, 11) is 0. The summed E-state index contributed by atoms with van der Waals surface area (Å²) in [6.07, 6.45) is 22.6. The second-order valence-corrected chi connectivity index (χ2v) is 10.8. The molecule has 7 nitrogen and oxygen atoms in total. The molecule has 214 valence electrons. The molecule has 0 bridgehead atoms. The number of nitrogens with one attached hydrogen (secondary N) is 3. The maximum Gasteiger partial charge on any atom is 0.159 e. The summed E-state index contributed by atoms with van der Waals surface area (Å²) in [4.78, 5) is 17.3. The van der Waals surface area contributed by atoms with Crippen molar-refractivity contribution in [3.05, 3.63) is 121 Å². The first-order valence-corrected chi connectivity index (χ1v) is 14.6. The number of allylic oxidation sites excluding steroid dienone is 7. The number of rotatable bonds is 11. The molecule has 0 atom stereocenters. The first-order chi connectivity index (χ1) is 20.5. The Morgan fingerprint density at radius 1 is 1.14 bits per heavy atom. The molecule has 0 unspecified atom stereocenters. The SMILES string of the molecule is C=C/C=C(/c1ccncc1)c1nc(-c2n[nH]c3cnc(C(/C=C(\C=C)NC(=C)CC4CCCCC4)=C/C)cc23)[nH]c1C. The van der Waals surface area contributed by atoms with Gasteiger partial charge in [0.2, 0.25) is 0 Å². The highest BCUT2D eigenvalue weighted by Crippen LogP contribution is 2.31. The molecule has 1 fully saturated rings. The fraction of sp³-hybridized carbons (Fsp3) is 0.257. The zero-order chi connectivity index (χ0) is 29.5. The number of aryl methyl sites for hydroxylation is 1. The first-order valence-electron chi connectivity index (χ1n) is 14.6. The zero-order valence-corrected chi connectivity index (χ0v) is 24.6. The molecule has 1 aliphatic carbocycles. The van der Waals surface area contributed by atoms with E-state index in [0.717, 1.165) is 68.2 Å². The number of aromatic nitrogens is 6. The molecule has 4 aromatic heterocycles. The number of imidazole rings is 1. The fourth-order valence-electron chi connectivity index (χ4n) is 5.66. The average Bonchev–Trinajstić information content (AvgIpc) is 3.61. The molecule has 0 aromatic carbocycles. The Labute approximate surface area is 248 Å². The molecule has 7 heteroatoms. The summed E-state index contributed by atoms with van der Waals surface area (Å²) >= 11 is 0. The number of fused-ring (bicyclic) bond motifs is 1. The van der Waals surface area contributed by atoms with Gasteiger partial charge in [-0.05, 0) is 67.7 Å². The lowest BCUT2D eigenvalue weighted by molar-refractivity contribution is 0.353. The minimum atomic E-state index is 0.681. The smallest absolute Gasteiger partial charge is 0.159 e. The highest BCUT2D eigenvalue weighted by atomic mass is 15.1. The van der Waals surface area contributed by atoms with E-state index in [0.29, 0.717) is 11.7 Å². The lowest BCUT2D eigenvalue weighted by Gasteiger charge is -2.23. The van der Waals surface area contributed by atoms with Crippen LogP contribution in [0.25, 0.3) is 33.6 Å². The van der Waals surface area contributed by atoms with Gasteiger partial charge < -0.3 is 10.3 Å². The second-order valence-electron chi connectivity index (χ2n) is 10.8. The molecule has 42 heavy (non-hydrogen) atoms. The topological polar surface area (TPSA) is 95.2 Å². The Balaban J connectivity index is 1.43. The summed E-state index contributed by atoms with van der Waals surface area (Å²) < 4.78 is 0. The molecule has 0 saturated heterocycles. The molecule has 1 aliphatic rings. The van der Waals surface area contributed by atoms with Gasteiger partial charge in [-0.25, -0.2) is 4.98 Å². The normalized spacial score (nSPS) is 15.1. The van der Waals surface area contributed by atoms with E-state index in [4.69, 9.17) is 9.97 Å². The van der Waals surface area contributed by atoms with Crippen molar-refractivity contribution in [1.82, 2.24) is 35.5 Å². The summed E-state index contributed by atoms with van der Waals surface area (Å²) in [5.41, 5.74) is 9.07. The number of H-pyrrole nitrogens is 2. The molecule has 5 rings (SSSR count). The predicted molar refractivity (Wildman–Crippen MR) is 173 cm³/mol. The van der Waals surface area contributed by atoms with Crippen LogP contribution >= 0.6 is 0 Å². The van der Waals surface area contributed by atoms with Crippen LogP contribution in [0.5, 0.6) is 0 Å². The number of hydrogen-bond acceptors (Lipinski definition) is 5. The molecule has 0 spiro atoms. The van der Waals surface area contributed by atoms with Gasteiger partial charge in [-0.2, -0.15) is 5.10 Å². The lowest BCUT2D eigenvalue weighted by atomic mass is 9.86. The van der Waals surface area contributed by atoms with Gasteiger partial charge in [0.1, 0.15) is 5.69 Å². The molecule has 3 N–H and O–H groups in total. The van der Waals surface area contributed by atoms with Crippen LogP contribution in [-0.4, -0.2) is 30.1 Å². The number of pyridine rings is 2. The van der Waals surface area contributed by atoms with E-state index in [2.05, 4.69) is 63.4 Å². The van der Waals surface area contributed by atoms with Crippen LogP contribution in [0.4, 0.5) is 0 Å². The lowest BCUT2D eigenvalue weighted by Crippen LogP contribution is -2.16. The van der Waals surface area contributed by atoms with Crippen molar-refractivity contribution in [2.45, 2.75) is 52.4 Å². The monoisotopic (exact) mass is 557 g/mol. The maximum atomic E-state index is 4.98. The Bertz CT molecular complexity index is 1670. The third-order valence-electron chi connectivity index (χ3n) is 7.81. The van der Waals surface area contributed by atoms with Gasteiger partial charge in [0.15, 0.2) is 5.82 Å². The van der Waals surface area contributed by atoms with Gasteiger partial charge in [-0.1, -0.05) is 70.1 Å². The highest BCUT2D eigenvalue weighted by molar-refractivity contribution is 5.93. The highest BCUT2D eigenvalue weighted by Gasteiger charge is 2.19. The van der Waals surface area contributed by atoms with Gasteiger partial charge in [-0.15, -0.1) is 0 Å². The maximum absolute atomic E-state index is 4.98. The third kappa shape index (κ3) is 6.41. The van der Waals surface area contributed by atoms with Crippen molar-refractivity contribution < 1.29 is 0 Å². The van der Waals surface area contributed by atoms with Gasteiger partial charge in [0, 0.05) is 40.4 Å². The van der Waals surface area contributed by atoms with Gasteiger partial charge in [0.05, 0.1) is 23.1 Å². The first kappa shape index (κ1) is 28.7. The van der Waals surface area contributed by atoms with Crippen LogP contribution in [-0.2, 0) is 0 Å². The minimum Gasteiger partial charge on any atom is -0.359 e. The molecular weight excluding hydrogens is 518 g/mol. The van der Waals surface area contributed by atoms with Crippen molar-refractivity contribution >= 4 is 22.0 Å². The van der Waals surface area contributed by atoms with Crippen LogP contribution in [0.2, 0.25) is 0 Å². The summed E-state index contributed by atoms with van der Waals surface area (Å²) in [6.45, 7) is 16.3. The molecule has 0 radical (unpaired) electrons. The van der Waals surface area contributed by atoms with E-state index in [1.165, 1.54) is 32.1 Å². The summed E-state index contributed by atoms with van der Waals surface area (Å²) in [5, 5.41) is 12.2. The van der Waals surface area contributed by atoms with E-state index < -0.39 is 0 Å². The van der Waals surface area contributed by atoms with Gasteiger partial charge in [0.25, 0.3) is 0 Å². The van der Waals surface area contributed by atoms with Crippen molar-refractivity contribution in [2.75, 3.05) is 0 Å². The Hall–Kier alpha value is -4.78. The van der Waals surface area contributed by atoms with Crippen LogP contribution < -0.4 is 5.32 Å². The molecule has 0 aliphatic heterocycles. The van der Waals surface area contributed by atoms with E-state index in [1.54, 1.807) is 18.5 Å². The van der Waals surface area contributed by atoms with Crippen molar-refractivity contribution in [3.8, 4) is 11.5 Å². The van der Waals surface area contributed by atoms with E-state index in [1.807, 2.05) is 44.3 Å². The van der Waals surface area contributed by atoms with E-state index in [9.17, 15) is 0 Å². The number of aromatic amines is 2. The molecule has 0 amide bonds. The zero-order valence-electron chi connectivity index (χ0n) is 24.6. The quantitative estimate of drug-likeness (QED) is 0.162. The van der Waals surface area contributed by atoms with Gasteiger partial charge in [-0.3, -0.25) is 15.1 Å². The van der Waals surface area contributed by atoms with Crippen LogP contribution in [0.3, 0.4) is 0 Å². The molecule has 4 heterocycles. The van der Waals surface area contributed by atoms with Crippen molar-refractivity contribution in [3.63, 3.8) is 0 Å². The van der Waals surface area contributed by atoms with Crippen LogP contribution in [0.1, 0.15) is 68.1 Å². The standard InChI is InChI=1S/C35H39N7/c1-6-12-29(27-15-17-36-18-16-27)33-24(5)39-35(40-33)34-30-21-31(37-22-32(30)41-42-34)26(7-2)20-28(8-3)38-23(4)19-25-13-10-9-11-14-25/h6-8,12,15-18,20-22,25,38H,1,3-4,9-11,13-14,19H2,2,5H3,(H,39,40)(H,41,42)/b26-7+,28-20+,29-12-. The van der Waals surface area contributed by atoms with Crippen molar-refractivity contribution in [2.24, 2.45) is 5.92 Å². The Kier molecular flexibility index (Phi) is 9.07. The Morgan fingerprint density at radius 3 is 2.64 bits per heavy atom. The average molecular weight is 558 g/mol. The number of hydrogen-bond donors (Lipinski definition) is 3. The van der Waals surface area contributed by atoms with Gasteiger partial charge >= 0.3 is 0 Å². The van der Waals surface area contributed by atoms with Crippen molar-refractivity contribution in [1.29, 1.82) is 0 Å². The predicted octanol–water partition coefficient (Wildman–Crippen LogP) is 8.22. The second kappa shape index (κ2) is 13.3. The van der Waals surface area contributed by atoms with E-state index >= 15 is 0 Å². The molecule has 4 aromatic rings. The minimum absolute atomic E-state index is 0.681. The summed E-state index contributed by atoms with van der Waals surface area (Å²) in [6, 6.07) is 5.99. The van der Waals surface area contributed by atoms with Crippen LogP contribution in [0, 0.1) is 12.8 Å². The van der Waals surface area contributed by atoms with E-state index in [-0.39, 0.29) is 0 Å². The third-order valence-corrected chi connectivity index (χ3v) is 7.81. The summed E-state index contributed by atoms with van der Waals surface area (Å²) in [5.74, 6) is 1.40. The fourth-order valence-corrected chi connectivity index (χ4v) is 5.66. The molecular formula is C35H39N7. The van der Waals surface area contributed by atoms with Crippen LogP contribution in [0.15, 0.2) is 98.3 Å². The largest absolute Gasteiger partial charge is 0.359 e. The molecule has 1 saturated carbocycles. The Morgan fingerprint density at radius 2 is 1.93 bits per heavy atom.